The number of aliphatic hydroxyl groups is 1. The molecular weight excluding hydrogens is 518 g/mol. The average Bonchev–Trinajstić information content (AvgIpc) is 3.38. The Morgan fingerprint density at radius 3 is 2.34 bits per heavy atom. The first kappa shape index (κ1) is 31.5. The Bertz CT molecular complexity index is 1120. The van der Waals surface area contributed by atoms with Gasteiger partial charge in [0.1, 0.15) is 11.6 Å². The van der Waals surface area contributed by atoms with Crippen molar-refractivity contribution in [2.24, 2.45) is 23.2 Å². The Labute approximate surface area is 246 Å². The third kappa shape index (κ3) is 6.19. The molecule has 4 rings (SSSR count). The van der Waals surface area contributed by atoms with Crippen molar-refractivity contribution in [2.45, 2.75) is 116 Å². The smallest absolute Gasteiger partial charge is 0.246 e. The van der Waals surface area contributed by atoms with Crippen molar-refractivity contribution < 1.29 is 24.2 Å². The van der Waals surface area contributed by atoms with Crippen molar-refractivity contribution in [1.29, 1.82) is 0 Å². The molecule has 3 aliphatic rings. The molecule has 228 valence electrons. The molecule has 3 heterocycles. The van der Waals surface area contributed by atoms with Gasteiger partial charge in [-0.3, -0.25) is 14.4 Å². The fourth-order valence-corrected chi connectivity index (χ4v) is 8.09. The van der Waals surface area contributed by atoms with E-state index in [0.29, 0.717) is 25.9 Å². The number of nitrogens with one attached hydrogen (secondary N) is 2. The molecule has 8 nitrogen and oxygen atoms in total. The van der Waals surface area contributed by atoms with Crippen molar-refractivity contribution in [2.75, 3.05) is 13.2 Å². The molecule has 3 unspecified atom stereocenters. The number of unbranched alkanes of at least 4 members (excludes halogenated alkanes) is 3. The fraction of sp³-hybridized carbons (Fsp3) is 0.727. The molecule has 1 aromatic rings. The lowest BCUT2D eigenvalue weighted by Crippen LogP contribution is -2.59. The fourth-order valence-electron chi connectivity index (χ4n) is 8.09. The van der Waals surface area contributed by atoms with Crippen molar-refractivity contribution in [3.05, 3.63) is 35.9 Å². The molecule has 3 fully saturated rings. The Morgan fingerprint density at radius 2 is 1.71 bits per heavy atom. The zero-order valence-electron chi connectivity index (χ0n) is 26.1. The minimum Gasteiger partial charge on any atom is -0.396 e. The van der Waals surface area contributed by atoms with Gasteiger partial charge in [-0.2, -0.15) is 0 Å². The van der Waals surface area contributed by atoms with Crippen LogP contribution in [0.15, 0.2) is 30.3 Å². The molecule has 0 saturated carbocycles. The van der Waals surface area contributed by atoms with Crippen LogP contribution in [0.4, 0.5) is 0 Å². The van der Waals surface area contributed by atoms with Crippen LogP contribution >= 0.6 is 0 Å². The Balaban J connectivity index is 1.64. The second kappa shape index (κ2) is 11.7. The van der Waals surface area contributed by atoms with Crippen LogP contribution in [-0.2, 0) is 25.7 Å². The van der Waals surface area contributed by atoms with Crippen LogP contribution in [0.3, 0.4) is 0 Å². The summed E-state index contributed by atoms with van der Waals surface area (Å²) in [5.74, 6) is -1.94. The lowest BCUT2D eigenvalue weighted by Gasteiger charge is -2.38. The molecule has 0 aliphatic carbocycles. The quantitative estimate of drug-likeness (QED) is 0.327. The lowest BCUT2D eigenvalue weighted by molar-refractivity contribution is -0.148. The van der Waals surface area contributed by atoms with Crippen molar-refractivity contribution in [3.8, 4) is 0 Å². The SMILES string of the molecule is CC1CC23O[C@@]1(C)[C@H](C(=O)NCc1ccccc1)[C@H]2C(=O)N(CCCCCCO)C3C(=O)NC(C)(C)CC(C)(C)C. The summed E-state index contributed by atoms with van der Waals surface area (Å²) in [6, 6.07) is 8.93. The highest BCUT2D eigenvalue weighted by Gasteiger charge is 2.79. The van der Waals surface area contributed by atoms with Gasteiger partial charge >= 0.3 is 0 Å². The number of carbonyl (C=O) groups excluding carboxylic acids is 3. The topological polar surface area (TPSA) is 108 Å². The third-order valence-electron chi connectivity index (χ3n) is 9.40. The van der Waals surface area contributed by atoms with Crippen LogP contribution in [0.25, 0.3) is 0 Å². The van der Waals surface area contributed by atoms with E-state index < -0.39 is 34.6 Å². The zero-order valence-corrected chi connectivity index (χ0v) is 26.1. The minimum atomic E-state index is -1.05. The summed E-state index contributed by atoms with van der Waals surface area (Å²) in [7, 11) is 0. The molecule has 3 saturated heterocycles. The number of aliphatic hydroxyl groups excluding tert-OH is 1. The van der Waals surface area contributed by atoms with E-state index in [-0.39, 0.29) is 35.7 Å². The highest BCUT2D eigenvalue weighted by molar-refractivity contribution is 5.99. The van der Waals surface area contributed by atoms with Gasteiger partial charge in [0.05, 0.1) is 17.4 Å². The molecule has 1 spiro atoms. The summed E-state index contributed by atoms with van der Waals surface area (Å²) in [6.07, 6.45) is 4.47. The predicted octanol–water partition coefficient (Wildman–Crippen LogP) is 4.20. The normalized spacial score (nSPS) is 30.9. The summed E-state index contributed by atoms with van der Waals surface area (Å²) in [6.45, 7) is 15.5. The van der Waals surface area contributed by atoms with Gasteiger partial charge in [0.2, 0.25) is 17.7 Å². The average molecular weight is 570 g/mol. The van der Waals surface area contributed by atoms with Crippen LogP contribution in [0.1, 0.15) is 92.6 Å². The van der Waals surface area contributed by atoms with Gasteiger partial charge in [0, 0.05) is 25.2 Å². The summed E-state index contributed by atoms with van der Waals surface area (Å²) >= 11 is 0. The first-order valence-electron chi connectivity index (χ1n) is 15.4. The van der Waals surface area contributed by atoms with E-state index in [9.17, 15) is 19.5 Å². The van der Waals surface area contributed by atoms with E-state index in [2.05, 4.69) is 38.3 Å². The number of fused-ring (bicyclic) bond motifs is 1. The van der Waals surface area contributed by atoms with E-state index in [4.69, 9.17) is 4.74 Å². The zero-order chi connectivity index (χ0) is 30.2. The van der Waals surface area contributed by atoms with Crippen LogP contribution < -0.4 is 10.6 Å². The van der Waals surface area contributed by atoms with Gasteiger partial charge in [0.15, 0.2) is 0 Å². The van der Waals surface area contributed by atoms with Gasteiger partial charge in [-0.05, 0) is 63.4 Å². The van der Waals surface area contributed by atoms with Gasteiger partial charge < -0.3 is 25.4 Å². The highest BCUT2D eigenvalue weighted by Crippen LogP contribution is 2.65. The molecule has 41 heavy (non-hydrogen) atoms. The lowest BCUT2D eigenvalue weighted by atomic mass is 9.62. The van der Waals surface area contributed by atoms with Gasteiger partial charge in [0.25, 0.3) is 0 Å². The van der Waals surface area contributed by atoms with Crippen LogP contribution in [0, 0.1) is 23.2 Å². The van der Waals surface area contributed by atoms with Crippen LogP contribution in [0.2, 0.25) is 0 Å². The van der Waals surface area contributed by atoms with E-state index in [1.54, 1.807) is 4.90 Å². The molecule has 0 aromatic heterocycles. The number of nitrogens with zero attached hydrogens (tertiary/aromatic N) is 1. The molecule has 1 aromatic carbocycles. The summed E-state index contributed by atoms with van der Waals surface area (Å²) in [4.78, 5) is 44.1. The van der Waals surface area contributed by atoms with Crippen molar-refractivity contribution in [1.82, 2.24) is 15.5 Å². The number of amides is 3. The molecule has 0 radical (unpaired) electrons. The molecule has 3 N–H and O–H groups in total. The summed E-state index contributed by atoms with van der Waals surface area (Å²) < 4.78 is 6.85. The molecular formula is C33H51N3O5. The second-order valence-corrected chi connectivity index (χ2v) is 14.7. The highest BCUT2D eigenvalue weighted by atomic mass is 16.5. The number of hydrogen-bond donors (Lipinski definition) is 3. The monoisotopic (exact) mass is 569 g/mol. The molecule has 3 amide bonds. The largest absolute Gasteiger partial charge is 0.396 e. The van der Waals surface area contributed by atoms with Crippen molar-refractivity contribution >= 4 is 17.7 Å². The number of carbonyl (C=O) groups is 3. The minimum absolute atomic E-state index is 0.00131. The number of rotatable bonds is 12. The first-order valence-corrected chi connectivity index (χ1v) is 15.4. The van der Waals surface area contributed by atoms with E-state index in [0.717, 1.165) is 31.2 Å². The number of benzene rings is 1. The number of ether oxygens (including phenoxy) is 1. The van der Waals surface area contributed by atoms with Crippen LogP contribution in [0.5, 0.6) is 0 Å². The molecule has 2 bridgehead atoms. The molecule has 8 heteroatoms. The first-order chi connectivity index (χ1) is 19.2. The van der Waals surface area contributed by atoms with Crippen LogP contribution in [-0.4, -0.2) is 63.7 Å². The summed E-state index contributed by atoms with van der Waals surface area (Å²) in [5.41, 5.74) is -1.39. The van der Waals surface area contributed by atoms with Gasteiger partial charge in [-0.25, -0.2) is 0 Å². The summed E-state index contributed by atoms with van der Waals surface area (Å²) in [5, 5.41) is 15.5. The Kier molecular flexibility index (Phi) is 8.97. The maximum Gasteiger partial charge on any atom is 0.246 e. The maximum atomic E-state index is 14.3. The Morgan fingerprint density at radius 1 is 1.05 bits per heavy atom. The van der Waals surface area contributed by atoms with Gasteiger partial charge in [-0.15, -0.1) is 0 Å². The second-order valence-electron chi connectivity index (χ2n) is 14.7. The third-order valence-corrected chi connectivity index (χ3v) is 9.40. The van der Waals surface area contributed by atoms with E-state index in [1.807, 2.05) is 51.1 Å². The molecule has 3 aliphatic heterocycles. The maximum absolute atomic E-state index is 14.3. The number of likely N-dealkylation sites (tertiary alicyclic amines) is 1. The van der Waals surface area contributed by atoms with E-state index in [1.165, 1.54) is 0 Å². The predicted molar refractivity (Wildman–Crippen MR) is 159 cm³/mol. The molecule has 6 atom stereocenters. The Hall–Kier alpha value is -2.45. The standard InChI is InChI=1S/C33H51N3O5/c1-22-19-33-25(24(32(22,7)41-33)27(38)34-20-23-15-11-10-12-16-23)29(40)36(17-13-8-9-14-18-37)26(33)28(39)35-31(5,6)21-30(2,3)4/h10-12,15-16,22,24-26,37H,8-9,13-14,17-21H2,1-7H3,(H,34,38)(H,35,39)/t22?,24-,25-,26?,32+,33?/m0/s1. The van der Waals surface area contributed by atoms with E-state index >= 15 is 0 Å². The number of hydrogen-bond acceptors (Lipinski definition) is 5. The van der Waals surface area contributed by atoms with Crippen molar-refractivity contribution in [3.63, 3.8) is 0 Å². The van der Waals surface area contributed by atoms with Gasteiger partial charge in [-0.1, -0.05) is 70.9 Å².